The average molecular weight is 272 g/mol. The molecule has 5 nitrogen and oxygen atoms in total. The normalized spacial score (nSPS) is 14.2. The fourth-order valence-corrected chi connectivity index (χ4v) is 2.39. The van der Waals surface area contributed by atoms with E-state index < -0.39 is 5.97 Å². The van der Waals surface area contributed by atoms with Crippen LogP contribution in [0.3, 0.4) is 0 Å². The van der Waals surface area contributed by atoms with E-state index in [9.17, 15) is 9.59 Å². The van der Waals surface area contributed by atoms with Gasteiger partial charge in [-0.25, -0.2) is 0 Å². The standard InChI is InChI=1S/C14H28N2O3/c1-5-16(11(4)7-14(18)19)13(17)8-12(9-15)6-10(2)3/h10-12H,5-9,15H2,1-4H3,(H,18,19). The van der Waals surface area contributed by atoms with Gasteiger partial charge in [-0.2, -0.15) is 0 Å². The molecule has 0 bridgehead atoms. The van der Waals surface area contributed by atoms with E-state index >= 15 is 0 Å². The van der Waals surface area contributed by atoms with Crippen molar-refractivity contribution >= 4 is 11.9 Å². The van der Waals surface area contributed by atoms with Crippen LogP contribution in [-0.2, 0) is 9.59 Å². The Bertz CT molecular complexity index is 292. The van der Waals surface area contributed by atoms with Gasteiger partial charge in [0.15, 0.2) is 0 Å². The monoisotopic (exact) mass is 272 g/mol. The highest BCUT2D eigenvalue weighted by Crippen LogP contribution is 2.17. The highest BCUT2D eigenvalue weighted by atomic mass is 16.4. The minimum atomic E-state index is -0.878. The smallest absolute Gasteiger partial charge is 0.305 e. The number of carboxylic acid groups (broad SMARTS) is 1. The number of nitrogens with two attached hydrogens (primary N) is 1. The van der Waals surface area contributed by atoms with Crippen LogP contribution < -0.4 is 5.73 Å². The van der Waals surface area contributed by atoms with Crippen molar-refractivity contribution in [2.75, 3.05) is 13.1 Å². The molecule has 0 saturated carbocycles. The molecule has 5 heteroatoms. The van der Waals surface area contributed by atoms with Crippen LogP contribution in [0.5, 0.6) is 0 Å². The van der Waals surface area contributed by atoms with Gasteiger partial charge in [-0.15, -0.1) is 0 Å². The Balaban J connectivity index is 4.52. The van der Waals surface area contributed by atoms with Gasteiger partial charge in [0.1, 0.15) is 0 Å². The number of hydrogen-bond donors (Lipinski definition) is 2. The van der Waals surface area contributed by atoms with Gasteiger partial charge >= 0.3 is 5.97 Å². The van der Waals surface area contributed by atoms with Crippen molar-refractivity contribution in [1.29, 1.82) is 0 Å². The van der Waals surface area contributed by atoms with Crippen LogP contribution in [0.15, 0.2) is 0 Å². The fraction of sp³-hybridized carbons (Fsp3) is 0.857. The molecule has 112 valence electrons. The summed E-state index contributed by atoms with van der Waals surface area (Å²) < 4.78 is 0. The third kappa shape index (κ3) is 7.15. The van der Waals surface area contributed by atoms with E-state index in [1.807, 2.05) is 6.92 Å². The molecule has 0 aromatic carbocycles. The summed E-state index contributed by atoms with van der Waals surface area (Å²) in [7, 11) is 0. The number of nitrogens with zero attached hydrogens (tertiary/aromatic N) is 1. The van der Waals surface area contributed by atoms with Gasteiger partial charge in [-0.1, -0.05) is 13.8 Å². The lowest BCUT2D eigenvalue weighted by Crippen LogP contribution is -2.41. The first-order chi connectivity index (χ1) is 8.81. The third-order valence-corrected chi connectivity index (χ3v) is 3.26. The molecule has 0 saturated heterocycles. The molecule has 0 rings (SSSR count). The highest BCUT2D eigenvalue weighted by Gasteiger charge is 2.23. The van der Waals surface area contributed by atoms with Crippen molar-refractivity contribution in [3.8, 4) is 0 Å². The van der Waals surface area contributed by atoms with Gasteiger partial charge in [0.2, 0.25) is 5.91 Å². The van der Waals surface area contributed by atoms with E-state index in [0.717, 1.165) is 6.42 Å². The lowest BCUT2D eigenvalue weighted by Gasteiger charge is -2.29. The summed E-state index contributed by atoms with van der Waals surface area (Å²) in [5.74, 6) is -0.185. The quantitative estimate of drug-likeness (QED) is 0.669. The van der Waals surface area contributed by atoms with E-state index in [4.69, 9.17) is 10.8 Å². The second-order valence-electron chi connectivity index (χ2n) is 5.56. The van der Waals surface area contributed by atoms with Crippen LogP contribution in [0.1, 0.15) is 47.0 Å². The summed E-state index contributed by atoms with van der Waals surface area (Å²) in [4.78, 5) is 24.6. The molecule has 1 amide bonds. The molecule has 3 N–H and O–H groups in total. The molecule has 0 aromatic rings. The second kappa shape index (κ2) is 8.91. The Morgan fingerprint density at radius 1 is 1.21 bits per heavy atom. The van der Waals surface area contributed by atoms with Crippen LogP contribution in [0.25, 0.3) is 0 Å². The molecule has 19 heavy (non-hydrogen) atoms. The maximum atomic E-state index is 12.2. The van der Waals surface area contributed by atoms with Gasteiger partial charge in [-0.3, -0.25) is 9.59 Å². The van der Waals surface area contributed by atoms with Crippen LogP contribution in [-0.4, -0.2) is 41.0 Å². The Labute approximate surface area is 116 Å². The predicted molar refractivity (Wildman–Crippen MR) is 75.7 cm³/mol. The first-order valence-corrected chi connectivity index (χ1v) is 7.03. The zero-order valence-electron chi connectivity index (χ0n) is 12.6. The molecule has 0 heterocycles. The molecule has 0 aliphatic carbocycles. The van der Waals surface area contributed by atoms with Crippen LogP contribution >= 0.6 is 0 Å². The summed E-state index contributed by atoms with van der Waals surface area (Å²) in [6, 6.07) is -0.271. The molecule has 2 unspecified atom stereocenters. The van der Waals surface area contributed by atoms with Crippen molar-refractivity contribution in [1.82, 2.24) is 4.90 Å². The molecular formula is C14H28N2O3. The molecule has 2 atom stereocenters. The summed E-state index contributed by atoms with van der Waals surface area (Å²) in [6.07, 6.45) is 1.32. The van der Waals surface area contributed by atoms with E-state index in [1.165, 1.54) is 0 Å². The lowest BCUT2D eigenvalue weighted by atomic mass is 9.93. The van der Waals surface area contributed by atoms with Crippen molar-refractivity contribution in [3.63, 3.8) is 0 Å². The minimum Gasteiger partial charge on any atom is -0.481 e. The van der Waals surface area contributed by atoms with Crippen molar-refractivity contribution < 1.29 is 14.7 Å². The molecule has 0 fully saturated rings. The lowest BCUT2D eigenvalue weighted by molar-refractivity contribution is -0.140. The molecule has 0 aliphatic rings. The zero-order chi connectivity index (χ0) is 15.0. The highest BCUT2D eigenvalue weighted by molar-refractivity contribution is 5.77. The van der Waals surface area contributed by atoms with Gasteiger partial charge in [0.05, 0.1) is 6.42 Å². The van der Waals surface area contributed by atoms with Crippen LogP contribution in [0.2, 0.25) is 0 Å². The SMILES string of the molecule is CCN(C(=O)CC(CN)CC(C)C)C(C)CC(=O)O. The molecule has 0 aromatic heterocycles. The maximum absolute atomic E-state index is 12.2. The Kier molecular flexibility index (Phi) is 8.39. The number of hydrogen-bond acceptors (Lipinski definition) is 3. The van der Waals surface area contributed by atoms with Crippen molar-refractivity contribution in [2.24, 2.45) is 17.6 Å². The Morgan fingerprint density at radius 3 is 2.16 bits per heavy atom. The van der Waals surface area contributed by atoms with Crippen LogP contribution in [0.4, 0.5) is 0 Å². The third-order valence-electron chi connectivity index (χ3n) is 3.26. The fourth-order valence-electron chi connectivity index (χ4n) is 2.39. The van der Waals surface area contributed by atoms with Gasteiger partial charge in [0.25, 0.3) is 0 Å². The number of carboxylic acids is 1. The summed E-state index contributed by atoms with van der Waals surface area (Å²) in [5.41, 5.74) is 5.70. The average Bonchev–Trinajstić information content (AvgIpc) is 2.27. The summed E-state index contributed by atoms with van der Waals surface area (Å²) in [5, 5.41) is 8.80. The van der Waals surface area contributed by atoms with E-state index in [-0.39, 0.29) is 24.3 Å². The van der Waals surface area contributed by atoms with E-state index in [2.05, 4.69) is 13.8 Å². The van der Waals surface area contributed by atoms with Crippen molar-refractivity contribution in [3.05, 3.63) is 0 Å². The Hall–Kier alpha value is -1.10. The predicted octanol–water partition coefficient (Wildman–Crippen LogP) is 1.71. The summed E-state index contributed by atoms with van der Waals surface area (Å²) in [6.45, 7) is 8.89. The first-order valence-electron chi connectivity index (χ1n) is 7.03. The van der Waals surface area contributed by atoms with Crippen molar-refractivity contribution in [2.45, 2.75) is 53.0 Å². The van der Waals surface area contributed by atoms with E-state index in [1.54, 1.807) is 11.8 Å². The number of carbonyl (C=O) groups is 2. The number of amides is 1. The van der Waals surface area contributed by atoms with Gasteiger partial charge in [0, 0.05) is 19.0 Å². The molecule has 0 aliphatic heterocycles. The van der Waals surface area contributed by atoms with Crippen LogP contribution in [0, 0.1) is 11.8 Å². The first kappa shape index (κ1) is 17.9. The minimum absolute atomic E-state index is 0.00681. The summed E-state index contributed by atoms with van der Waals surface area (Å²) >= 11 is 0. The topological polar surface area (TPSA) is 83.6 Å². The van der Waals surface area contributed by atoms with Gasteiger partial charge < -0.3 is 15.7 Å². The van der Waals surface area contributed by atoms with Gasteiger partial charge in [-0.05, 0) is 38.6 Å². The largest absolute Gasteiger partial charge is 0.481 e. The van der Waals surface area contributed by atoms with E-state index in [0.29, 0.717) is 25.4 Å². The maximum Gasteiger partial charge on any atom is 0.305 e. The number of rotatable bonds is 9. The zero-order valence-corrected chi connectivity index (χ0v) is 12.6. The number of aliphatic carboxylic acids is 1. The molecular weight excluding hydrogens is 244 g/mol. The Morgan fingerprint density at radius 2 is 1.79 bits per heavy atom. The molecule has 0 spiro atoms. The number of carbonyl (C=O) groups excluding carboxylic acids is 1. The second-order valence-corrected chi connectivity index (χ2v) is 5.56. The molecule has 0 radical (unpaired) electrons.